The Kier molecular flexibility index (Phi) is 5.39. The second-order valence-corrected chi connectivity index (χ2v) is 9.13. The Morgan fingerprint density at radius 3 is 2.37 bits per heavy atom. The Bertz CT molecular complexity index is 1120. The van der Waals surface area contributed by atoms with E-state index < -0.39 is 10.0 Å². The molecule has 158 valence electrons. The highest BCUT2D eigenvalue weighted by atomic mass is 32.2. The van der Waals surface area contributed by atoms with E-state index in [2.05, 4.69) is 25.5 Å². The molecule has 4 heterocycles. The normalized spacial score (nSPS) is 15.4. The molecule has 10 nitrogen and oxygen atoms in total. The molecule has 0 atom stereocenters. The molecule has 1 N–H and O–H groups in total. The number of imidazole rings is 1. The van der Waals surface area contributed by atoms with E-state index >= 15 is 0 Å². The van der Waals surface area contributed by atoms with Gasteiger partial charge in [-0.1, -0.05) is 0 Å². The van der Waals surface area contributed by atoms with Crippen molar-refractivity contribution >= 4 is 27.5 Å². The molecule has 1 fully saturated rings. The van der Waals surface area contributed by atoms with E-state index in [9.17, 15) is 8.42 Å². The molecule has 0 amide bonds. The smallest absolute Gasteiger partial charge is 0.262 e. The van der Waals surface area contributed by atoms with Gasteiger partial charge in [-0.05, 0) is 43.7 Å². The van der Waals surface area contributed by atoms with Crippen molar-refractivity contribution in [2.24, 2.45) is 7.05 Å². The topological polar surface area (TPSA) is 109 Å². The highest BCUT2D eigenvalue weighted by Gasteiger charge is 2.31. The molecule has 0 bridgehead atoms. The number of aryl methyl sites for hydroxylation is 3. The Morgan fingerprint density at radius 2 is 1.77 bits per heavy atom. The van der Waals surface area contributed by atoms with Crippen molar-refractivity contribution in [3.05, 3.63) is 48.0 Å². The fourth-order valence-corrected chi connectivity index (χ4v) is 4.68. The van der Waals surface area contributed by atoms with Gasteiger partial charge < -0.3 is 14.8 Å². The molecule has 0 aliphatic carbocycles. The summed E-state index contributed by atoms with van der Waals surface area (Å²) in [5, 5.41) is 11.7. The second-order valence-electron chi connectivity index (χ2n) is 7.25. The van der Waals surface area contributed by atoms with Crippen LogP contribution in [0, 0.1) is 13.8 Å². The van der Waals surface area contributed by atoms with Crippen molar-refractivity contribution in [2.75, 3.05) is 36.4 Å². The number of hydrogen-bond donors (Lipinski definition) is 1. The molecule has 0 saturated carbocycles. The lowest BCUT2D eigenvalue weighted by atomic mass is 10.3. The first-order valence-electron chi connectivity index (χ1n) is 9.61. The number of piperazine rings is 1. The average Bonchev–Trinajstić information content (AvgIpc) is 3.08. The molecule has 1 aliphatic heterocycles. The Morgan fingerprint density at radius 1 is 1.00 bits per heavy atom. The largest absolute Gasteiger partial charge is 0.352 e. The summed E-state index contributed by atoms with van der Waals surface area (Å²) in [6.07, 6.45) is 3.29. The van der Waals surface area contributed by atoms with Crippen LogP contribution in [-0.4, -0.2) is 63.6 Å². The first-order chi connectivity index (χ1) is 14.3. The van der Waals surface area contributed by atoms with Crippen LogP contribution < -0.4 is 10.2 Å². The van der Waals surface area contributed by atoms with Crippen molar-refractivity contribution < 1.29 is 8.42 Å². The maximum absolute atomic E-state index is 12.8. The van der Waals surface area contributed by atoms with Gasteiger partial charge in [0.2, 0.25) is 0 Å². The van der Waals surface area contributed by atoms with E-state index in [1.165, 1.54) is 4.31 Å². The van der Waals surface area contributed by atoms with Crippen molar-refractivity contribution in [2.45, 2.75) is 18.9 Å². The van der Waals surface area contributed by atoms with Gasteiger partial charge in [-0.15, -0.1) is 10.2 Å². The van der Waals surface area contributed by atoms with Crippen molar-refractivity contribution in [3.63, 3.8) is 0 Å². The van der Waals surface area contributed by atoms with Crippen LogP contribution in [0.4, 0.5) is 17.5 Å². The Labute approximate surface area is 175 Å². The van der Waals surface area contributed by atoms with Crippen LogP contribution in [0.1, 0.15) is 11.4 Å². The summed E-state index contributed by atoms with van der Waals surface area (Å²) in [5.74, 6) is 2.68. The third kappa shape index (κ3) is 4.12. The maximum Gasteiger partial charge on any atom is 0.262 e. The summed E-state index contributed by atoms with van der Waals surface area (Å²) in [4.78, 5) is 10.4. The second kappa shape index (κ2) is 8.00. The number of sulfonamides is 1. The highest BCUT2D eigenvalue weighted by Crippen LogP contribution is 2.20. The fourth-order valence-electron chi connectivity index (χ4n) is 3.24. The number of nitrogens with zero attached hydrogens (tertiary/aromatic N) is 7. The van der Waals surface area contributed by atoms with E-state index in [-0.39, 0.29) is 5.03 Å². The molecule has 0 aromatic carbocycles. The molecule has 30 heavy (non-hydrogen) atoms. The van der Waals surface area contributed by atoms with Crippen molar-refractivity contribution in [3.8, 4) is 0 Å². The van der Waals surface area contributed by atoms with Gasteiger partial charge in [-0.2, -0.15) is 4.31 Å². The monoisotopic (exact) mass is 428 g/mol. The number of anilines is 3. The third-order valence-corrected chi connectivity index (χ3v) is 6.85. The average molecular weight is 429 g/mol. The first kappa shape index (κ1) is 20.2. The highest BCUT2D eigenvalue weighted by molar-refractivity contribution is 7.89. The van der Waals surface area contributed by atoms with Gasteiger partial charge in [0, 0.05) is 45.6 Å². The number of rotatable bonds is 5. The molecule has 11 heteroatoms. The molecule has 0 unspecified atom stereocenters. The fraction of sp³-hybridized carbons (Fsp3) is 0.368. The van der Waals surface area contributed by atoms with Crippen LogP contribution in [-0.2, 0) is 17.1 Å². The zero-order valence-corrected chi connectivity index (χ0v) is 18.0. The van der Waals surface area contributed by atoms with Gasteiger partial charge in [0.1, 0.15) is 11.6 Å². The quantitative estimate of drug-likeness (QED) is 0.651. The Hall–Kier alpha value is -3.05. The molecule has 1 aliphatic rings. The predicted octanol–water partition coefficient (Wildman–Crippen LogP) is 1.48. The van der Waals surface area contributed by atoms with Crippen LogP contribution in [0.5, 0.6) is 0 Å². The predicted molar refractivity (Wildman–Crippen MR) is 113 cm³/mol. The standard InChI is InChI=1S/C19H24N8O2S/c1-14-6-7-20-17(12-14)22-16-4-5-18(24-23-16)26-8-10-27(11-9-26)30(28,29)19-13-25(3)15(2)21-19/h4-7,12-13H,8-11H2,1-3H3,(H,20,22,23). The van der Waals surface area contributed by atoms with Crippen LogP contribution >= 0.6 is 0 Å². The lowest BCUT2D eigenvalue weighted by molar-refractivity contribution is 0.382. The van der Waals surface area contributed by atoms with Gasteiger partial charge >= 0.3 is 0 Å². The van der Waals surface area contributed by atoms with E-state index in [0.29, 0.717) is 49.5 Å². The van der Waals surface area contributed by atoms with Crippen molar-refractivity contribution in [1.82, 2.24) is 29.0 Å². The van der Waals surface area contributed by atoms with E-state index in [1.54, 1.807) is 30.9 Å². The summed E-state index contributed by atoms with van der Waals surface area (Å²) < 4.78 is 28.8. The number of nitrogens with one attached hydrogen (secondary N) is 1. The molecule has 1 saturated heterocycles. The van der Waals surface area contributed by atoms with Crippen LogP contribution in [0.15, 0.2) is 41.7 Å². The summed E-state index contributed by atoms with van der Waals surface area (Å²) >= 11 is 0. The lowest BCUT2D eigenvalue weighted by Gasteiger charge is -2.33. The minimum absolute atomic E-state index is 0.0935. The summed E-state index contributed by atoms with van der Waals surface area (Å²) in [6.45, 7) is 5.58. The zero-order chi connectivity index (χ0) is 21.3. The molecular formula is C19H24N8O2S. The van der Waals surface area contributed by atoms with Gasteiger partial charge in [-0.25, -0.2) is 18.4 Å². The van der Waals surface area contributed by atoms with E-state index in [1.807, 2.05) is 36.1 Å². The number of pyridine rings is 1. The molecule has 0 radical (unpaired) electrons. The summed E-state index contributed by atoms with van der Waals surface area (Å²) in [7, 11) is -1.81. The zero-order valence-electron chi connectivity index (χ0n) is 17.1. The molecule has 3 aromatic rings. The Balaban J connectivity index is 1.39. The van der Waals surface area contributed by atoms with E-state index in [4.69, 9.17) is 0 Å². The number of aromatic nitrogens is 5. The van der Waals surface area contributed by atoms with Gasteiger partial charge in [-0.3, -0.25) is 0 Å². The van der Waals surface area contributed by atoms with Gasteiger partial charge in [0.15, 0.2) is 16.7 Å². The van der Waals surface area contributed by atoms with Gasteiger partial charge in [0.05, 0.1) is 0 Å². The minimum atomic E-state index is -3.59. The lowest BCUT2D eigenvalue weighted by Crippen LogP contribution is -2.49. The van der Waals surface area contributed by atoms with E-state index in [0.717, 1.165) is 5.56 Å². The van der Waals surface area contributed by atoms with Crippen LogP contribution in [0.2, 0.25) is 0 Å². The molecule has 0 spiro atoms. The summed E-state index contributed by atoms with van der Waals surface area (Å²) in [6, 6.07) is 7.57. The first-order valence-corrected chi connectivity index (χ1v) is 11.1. The molecular weight excluding hydrogens is 404 g/mol. The number of hydrogen-bond acceptors (Lipinski definition) is 8. The molecule has 4 rings (SSSR count). The van der Waals surface area contributed by atoms with Gasteiger partial charge in [0.25, 0.3) is 10.0 Å². The SMILES string of the molecule is Cc1ccnc(Nc2ccc(N3CCN(S(=O)(=O)c4cn(C)c(C)n4)CC3)nn2)c1. The molecule has 3 aromatic heterocycles. The van der Waals surface area contributed by atoms with Crippen LogP contribution in [0.3, 0.4) is 0 Å². The minimum Gasteiger partial charge on any atom is -0.352 e. The summed E-state index contributed by atoms with van der Waals surface area (Å²) in [5.41, 5.74) is 1.10. The maximum atomic E-state index is 12.8. The van der Waals surface area contributed by atoms with Crippen LogP contribution in [0.25, 0.3) is 0 Å². The third-order valence-electron chi connectivity index (χ3n) is 5.08. The van der Waals surface area contributed by atoms with Crippen molar-refractivity contribution in [1.29, 1.82) is 0 Å².